The van der Waals surface area contributed by atoms with Gasteiger partial charge in [-0.2, -0.15) is 13.2 Å². The number of aryl methyl sites for hydroxylation is 4. The third-order valence-corrected chi connectivity index (χ3v) is 5.12. The smallest absolute Gasteiger partial charge is 0.339 e. The maximum Gasteiger partial charge on any atom is 0.416 e. The Hall–Kier alpha value is -3.35. The number of hydrogen-bond acceptors (Lipinski definition) is 3. The standard InChI is InChI=1S/C23H21F3N4/c1-13-6-5-7-14(2)19(13)28-21-20(17-8-10-18(11-9-17)23(24,25)26)29-22-27-15(3)12-16(4)30(21)22/h5-12,28H,1-4H3. The van der Waals surface area contributed by atoms with Gasteiger partial charge in [-0.1, -0.05) is 30.3 Å². The molecule has 4 rings (SSSR count). The van der Waals surface area contributed by atoms with Gasteiger partial charge >= 0.3 is 6.18 Å². The summed E-state index contributed by atoms with van der Waals surface area (Å²) in [5.74, 6) is 1.17. The minimum Gasteiger partial charge on any atom is -0.339 e. The van der Waals surface area contributed by atoms with Crippen molar-refractivity contribution in [2.45, 2.75) is 33.9 Å². The van der Waals surface area contributed by atoms with Crippen LogP contribution in [0.15, 0.2) is 48.5 Å². The molecular weight excluding hydrogens is 389 g/mol. The second-order valence-electron chi connectivity index (χ2n) is 7.45. The number of alkyl halides is 3. The summed E-state index contributed by atoms with van der Waals surface area (Å²) in [5, 5.41) is 3.47. The molecule has 0 aliphatic rings. The summed E-state index contributed by atoms with van der Waals surface area (Å²) in [5.41, 5.74) is 5.24. The van der Waals surface area contributed by atoms with Crippen LogP contribution in [-0.4, -0.2) is 14.4 Å². The van der Waals surface area contributed by atoms with Gasteiger partial charge in [-0.05, 0) is 57.0 Å². The van der Waals surface area contributed by atoms with Crippen LogP contribution in [0, 0.1) is 27.7 Å². The Bertz CT molecular complexity index is 1220. The topological polar surface area (TPSA) is 42.2 Å². The third kappa shape index (κ3) is 3.51. The van der Waals surface area contributed by atoms with E-state index >= 15 is 0 Å². The van der Waals surface area contributed by atoms with E-state index in [9.17, 15) is 13.2 Å². The molecule has 154 valence electrons. The van der Waals surface area contributed by atoms with E-state index in [0.29, 0.717) is 22.9 Å². The maximum atomic E-state index is 13.0. The largest absolute Gasteiger partial charge is 0.416 e. The molecule has 0 unspecified atom stereocenters. The van der Waals surface area contributed by atoms with Crippen molar-refractivity contribution in [3.05, 3.63) is 76.6 Å². The van der Waals surface area contributed by atoms with Crippen molar-refractivity contribution < 1.29 is 13.2 Å². The molecule has 2 aromatic carbocycles. The maximum absolute atomic E-state index is 13.0. The average molecular weight is 410 g/mol. The number of fused-ring (bicyclic) bond motifs is 1. The second kappa shape index (κ2) is 7.16. The molecule has 0 aliphatic carbocycles. The Morgan fingerprint density at radius 1 is 0.867 bits per heavy atom. The molecule has 7 heteroatoms. The van der Waals surface area contributed by atoms with Gasteiger partial charge in [0.05, 0.1) is 5.56 Å². The molecule has 0 spiro atoms. The van der Waals surface area contributed by atoms with E-state index in [4.69, 9.17) is 0 Å². The predicted molar refractivity (Wildman–Crippen MR) is 112 cm³/mol. The van der Waals surface area contributed by atoms with Crippen molar-refractivity contribution in [3.8, 4) is 11.3 Å². The Kier molecular flexibility index (Phi) is 4.76. The normalized spacial score (nSPS) is 11.8. The number of benzene rings is 2. The summed E-state index contributed by atoms with van der Waals surface area (Å²) in [6.45, 7) is 7.85. The van der Waals surface area contributed by atoms with Crippen LogP contribution in [0.3, 0.4) is 0 Å². The van der Waals surface area contributed by atoms with Crippen LogP contribution in [0.5, 0.6) is 0 Å². The van der Waals surface area contributed by atoms with Crippen molar-refractivity contribution in [2.24, 2.45) is 0 Å². The number of nitrogens with one attached hydrogen (secondary N) is 1. The number of para-hydroxylation sites is 1. The Labute approximate surface area is 172 Å². The lowest BCUT2D eigenvalue weighted by Crippen LogP contribution is -2.05. The second-order valence-corrected chi connectivity index (χ2v) is 7.45. The molecule has 0 atom stereocenters. The molecule has 4 aromatic rings. The minimum absolute atomic E-state index is 0.496. The zero-order chi connectivity index (χ0) is 21.6. The molecule has 2 aromatic heterocycles. The average Bonchev–Trinajstić information content (AvgIpc) is 3.02. The van der Waals surface area contributed by atoms with Crippen LogP contribution in [0.4, 0.5) is 24.7 Å². The summed E-state index contributed by atoms with van der Waals surface area (Å²) in [6, 6.07) is 13.0. The molecule has 0 fully saturated rings. The highest BCUT2D eigenvalue weighted by Crippen LogP contribution is 2.36. The predicted octanol–water partition coefficient (Wildman–Crippen LogP) is 6.39. The van der Waals surface area contributed by atoms with Gasteiger partial charge in [0.2, 0.25) is 5.78 Å². The van der Waals surface area contributed by atoms with Gasteiger partial charge in [-0.25, -0.2) is 9.97 Å². The monoisotopic (exact) mass is 410 g/mol. The highest BCUT2D eigenvalue weighted by atomic mass is 19.4. The van der Waals surface area contributed by atoms with E-state index in [1.807, 2.05) is 56.4 Å². The fraction of sp³-hybridized carbons (Fsp3) is 0.217. The lowest BCUT2D eigenvalue weighted by Gasteiger charge is -2.15. The fourth-order valence-electron chi connectivity index (χ4n) is 3.64. The number of hydrogen-bond donors (Lipinski definition) is 1. The third-order valence-electron chi connectivity index (χ3n) is 5.12. The molecule has 0 radical (unpaired) electrons. The molecule has 30 heavy (non-hydrogen) atoms. The summed E-state index contributed by atoms with van der Waals surface area (Å²) < 4.78 is 40.9. The van der Waals surface area contributed by atoms with E-state index in [2.05, 4.69) is 15.3 Å². The van der Waals surface area contributed by atoms with Crippen LogP contribution in [0.2, 0.25) is 0 Å². The molecule has 1 N–H and O–H groups in total. The molecule has 0 bridgehead atoms. The number of rotatable bonds is 3. The highest BCUT2D eigenvalue weighted by molar-refractivity contribution is 5.80. The summed E-state index contributed by atoms with van der Waals surface area (Å²) in [7, 11) is 0. The molecule has 0 saturated carbocycles. The molecule has 2 heterocycles. The minimum atomic E-state index is -4.38. The SMILES string of the molecule is Cc1cc(C)n2c(Nc3c(C)cccc3C)c(-c3ccc(C(F)(F)F)cc3)nc2n1. The van der Waals surface area contributed by atoms with Crippen LogP contribution in [0.1, 0.15) is 28.1 Å². The van der Waals surface area contributed by atoms with Gasteiger partial charge in [0.25, 0.3) is 0 Å². The number of aromatic nitrogens is 3. The van der Waals surface area contributed by atoms with Gasteiger partial charge in [-0.15, -0.1) is 0 Å². The van der Waals surface area contributed by atoms with E-state index < -0.39 is 11.7 Å². The van der Waals surface area contributed by atoms with E-state index in [0.717, 1.165) is 40.3 Å². The van der Waals surface area contributed by atoms with Gasteiger partial charge in [0.15, 0.2) is 0 Å². The number of imidazole rings is 1. The number of anilines is 2. The van der Waals surface area contributed by atoms with E-state index in [-0.39, 0.29) is 0 Å². The Morgan fingerprint density at radius 2 is 1.50 bits per heavy atom. The zero-order valence-electron chi connectivity index (χ0n) is 17.1. The number of nitrogens with zero attached hydrogens (tertiary/aromatic N) is 3. The van der Waals surface area contributed by atoms with Crippen molar-refractivity contribution in [2.75, 3.05) is 5.32 Å². The lowest BCUT2D eigenvalue weighted by atomic mass is 10.1. The summed E-state index contributed by atoms with van der Waals surface area (Å²) in [6.07, 6.45) is -4.38. The van der Waals surface area contributed by atoms with Crippen LogP contribution in [0.25, 0.3) is 17.0 Å². The first-order valence-electron chi connectivity index (χ1n) is 9.52. The Morgan fingerprint density at radius 3 is 2.10 bits per heavy atom. The lowest BCUT2D eigenvalue weighted by molar-refractivity contribution is -0.137. The molecule has 0 aliphatic heterocycles. The van der Waals surface area contributed by atoms with Crippen molar-refractivity contribution in [1.82, 2.24) is 14.4 Å². The van der Waals surface area contributed by atoms with Gasteiger partial charge < -0.3 is 5.32 Å². The highest BCUT2D eigenvalue weighted by Gasteiger charge is 2.30. The van der Waals surface area contributed by atoms with Gasteiger partial charge in [-0.3, -0.25) is 4.40 Å². The molecule has 0 saturated heterocycles. The quantitative estimate of drug-likeness (QED) is 0.425. The van der Waals surface area contributed by atoms with Crippen molar-refractivity contribution >= 4 is 17.3 Å². The first-order chi connectivity index (χ1) is 14.1. The van der Waals surface area contributed by atoms with Crippen LogP contribution < -0.4 is 5.32 Å². The van der Waals surface area contributed by atoms with E-state index in [1.165, 1.54) is 12.1 Å². The molecule has 4 nitrogen and oxygen atoms in total. The number of halogens is 3. The zero-order valence-corrected chi connectivity index (χ0v) is 17.1. The van der Waals surface area contributed by atoms with Gasteiger partial charge in [0, 0.05) is 22.6 Å². The van der Waals surface area contributed by atoms with Crippen molar-refractivity contribution in [1.29, 1.82) is 0 Å². The van der Waals surface area contributed by atoms with E-state index in [1.54, 1.807) is 0 Å². The first kappa shape index (κ1) is 19.9. The van der Waals surface area contributed by atoms with Crippen LogP contribution in [-0.2, 0) is 6.18 Å². The summed E-state index contributed by atoms with van der Waals surface area (Å²) >= 11 is 0. The Balaban J connectivity index is 1.93. The first-order valence-corrected chi connectivity index (χ1v) is 9.52. The van der Waals surface area contributed by atoms with Crippen LogP contribution >= 0.6 is 0 Å². The van der Waals surface area contributed by atoms with Gasteiger partial charge in [0.1, 0.15) is 11.5 Å². The van der Waals surface area contributed by atoms with Crippen molar-refractivity contribution in [3.63, 3.8) is 0 Å². The molecule has 0 amide bonds. The fourth-order valence-corrected chi connectivity index (χ4v) is 3.64. The summed E-state index contributed by atoms with van der Waals surface area (Å²) in [4.78, 5) is 9.18. The molecular formula is C23H21F3N4.